The molecule has 0 aromatic heterocycles. The minimum Gasteiger partial charge on any atom is -0.366 e. The van der Waals surface area contributed by atoms with Gasteiger partial charge < -0.3 is 15.4 Å². The van der Waals surface area contributed by atoms with Gasteiger partial charge in [-0.1, -0.05) is 47.5 Å². The lowest BCUT2D eigenvalue weighted by Gasteiger charge is -2.27. The largest absolute Gasteiger partial charge is 0.366 e. The summed E-state index contributed by atoms with van der Waals surface area (Å²) >= 11 is 6.24. The van der Waals surface area contributed by atoms with Crippen LogP contribution >= 0.6 is 24.0 Å². The van der Waals surface area contributed by atoms with Crippen molar-refractivity contribution in [1.82, 2.24) is 10.6 Å². The Kier molecular flexibility index (Phi) is 7.41. The van der Waals surface area contributed by atoms with Crippen LogP contribution in [0.3, 0.4) is 0 Å². The van der Waals surface area contributed by atoms with Gasteiger partial charge in [0.05, 0.1) is 12.6 Å². The van der Waals surface area contributed by atoms with Crippen molar-refractivity contribution < 1.29 is 13.9 Å². The Labute approximate surface area is 163 Å². The highest BCUT2D eigenvalue weighted by Crippen LogP contribution is 2.29. The molecule has 1 heterocycles. The summed E-state index contributed by atoms with van der Waals surface area (Å²) in [6.45, 7) is 3.67. The van der Waals surface area contributed by atoms with E-state index in [4.69, 9.17) is 16.3 Å². The van der Waals surface area contributed by atoms with E-state index in [9.17, 15) is 9.18 Å². The first-order valence-corrected chi connectivity index (χ1v) is 8.56. The van der Waals surface area contributed by atoms with Crippen LogP contribution in [0.5, 0.6) is 0 Å². The first-order valence-electron chi connectivity index (χ1n) is 8.19. The summed E-state index contributed by atoms with van der Waals surface area (Å²) in [4.78, 5) is 12.6. The highest BCUT2D eigenvalue weighted by Gasteiger charge is 2.26. The average Bonchev–Trinajstić information content (AvgIpc) is 2.62. The number of rotatable bonds is 4. The SMILES string of the molecule is Cc1ccc(C(NC(=O)C2CNCCO2)c2ccc(F)cc2Cl)cc1.Cl. The van der Waals surface area contributed by atoms with E-state index in [1.165, 1.54) is 12.1 Å². The van der Waals surface area contributed by atoms with Gasteiger partial charge in [0.25, 0.3) is 5.91 Å². The Morgan fingerprint density at radius 3 is 2.65 bits per heavy atom. The third kappa shape index (κ3) is 4.95. The predicted octanol–water partition coefficient (Wildman–Crippen LogP) is 3.40. The first-order chi connectivity index (χ1) is 12.0. The molecule has 2 atom stereocenters. The van der Waals surface area contributed by atoms with Crippen molar-refractivity contribution in [3.05, 3.63) is 70.0 Å². The predicted molar refractivity (Wildman–Crippen MR) is 102 cm³/mol. The summed E-state index contributed by atoms with van der Waals surface area (Å²) < 4.78 is 18.9. The number of hydrogen-bond donors (Lipinski definition) is 2. The molecule has 3 rings (SSSR count). The monoisotopic (exact) mass is 398 g/mol. The van der Waals surface area contributed by atoms with Gasteiger partial charge in [-0.2, -0.15) is 0 Å². The van der Waals surface area contributed by atoms with Gasteiger partial charge in [0, 0.05) is 18.1 Å². The Hall–Kier alpha value is -1.66. The molecule has 0 saturated carbocycles. The molecule has 1 saturated heterocycles. The minimum absolute atomic E-state index is 0. The molecule has 26 heavy (non-hydrogen) atoms. The number of hydrogen-bond acceptors (Lipinski definition) is 3. The molecule has 1 amide bonds. The van der Waals surface area contributed by atoms with E-state index in [1.54, 1.807) is 6.07 Å². The molecule has 7 heteroatoms. The van der Waals surface area contributed by atoms with Crippen molar-refractivity contribution in [2.24, 2.45) is 0 Å². The number of ether oxygens (including phenoxy) is 1. The maximum absolute atomic E-state index is 13.4. The zero-order valence-electron chi connectivity index (χ0n) is 14.3. The molecule has 1 aliphatic rings. The summed E-state index contributed by atoms with van der Waals surface area (Å²) in [5.41, 5.74) is 2.62. The van der Waals surface area contributed by atoms with Gasteiger partial charge in [-0.25, -0.2) is 4.39 Å². The van der Waals surface area contributed by atoms with Gasteiger partial charge in [-0.15, -0.1) is 12.4 Å². The first kappa shape index (κ1) is 20.6. The van der Waals surface area contributed by atoms with Crippen molar-refractivity contribution in [1.29, 1.82) is 0 Å². The third-order valence-corrected chi connectivity index (χ3v) is 4.52. The Balaban J connectivity index is 0.00000243. The van der Waals surface area contributed by atoms with E-state index < -0.39 is 18.0 Å². The van der Waals surface area contributed by atoms with E-state index in [2.05, 4.69) is 10.6 Å². The lowest BCUT2D eigenvalue weighted by molar-refractivity contribution is -0.134. The minimum atomic E-state index is -0.555. The number of carbonyl (C=O) groups is 1. The van der Waals surface area contributed by atoms with Crippen molar-refractivity contribution >= 4 is 29.9 Å². The quantitative estimate of drug-likeness (QED) is 0.829. The van der Waals surface area contributed by atoms with Gasteiger partial charge >= 0.3 is 0 Å². The number of benzene rings is 2. The Morgan fingerprint density at radius 1 is 1.31 bits per heavy atom. The summed E-state index contributed by atoms with van der Waals surface area (Å²) in [6, 6.07) is 11.5. The molecule has 2 aromatic carbocycles. The molecule has 2 N–H and O–H groups in total. The number of morpholine rings is 1. The van der Waals surface area contributed by atoms with E-state index in [0.717, 1.165) is 17.7 Å². The molecule has 1 aliphatic heterocycles. The normalized spacial score (nSPS) is 17.9. The molecule has 4 nitrogen and oxygen atoms in total. The third-order valence-electron chi connectivity index (χ3n) is 4.19. The molecule has 0 spiro atoms. The highest BCUT2D eigenvalue weighted by molar-refractivity contribution is 6.31. The molecule has 0 bridgehead atoms. The van der Waals surface area contributed by atoms with E-state index >= 15 is 0 Å². The van der Waals surface area contributed by atoms with Crippen LogP contribution in [-0.2, 0) is 9.53 Å². The zero-order chi connectivity index (χ0) is 17.8. The van der Waals surface area contributed by atoms with Crippen LogP contribution in [0.25, 0.3) is 0 Å². The van der Waals surface area contributed by atoms with Crippen LogP contribution in [0.1, 0.15) is 22.7 Å². The van der Waals surface area contributed by atoms with E-state index in [1.807, 2.05) is 31.2 Å². The van der Waals surface area contributed by atoms with E-state index in [0.29, 0.717) is 18.7 Å². The molecule has 2 aromatic rings. The molecule has 0 aliphatic carbocycles. The van der Waals surface area contributed by atoms with Crippen molar-refractivity contribution in [3.8, 4) is 0 Å². The number of amides is 1. The smallest absolute Gasteiger partial charge is 0.251 e. The second-order valence-electron chi connectivity index (χ2n) is 6.08. The molecule has 1 fully saturated rings. The molecule has 140 valence electrons. The lowest BCUT2D eigenvalue weighted by Crippen LogP contribution is -2.48. The number of aryl methyl sites for hydroxylation is 1. The average molecular weight is 399 g/mol. The van der Waals surface area contributed by atoms with Crippen LogP contribution in [0, 0.1) is 12.7 Å². The topological polar surface area (TPSA) is 50.4 Å². The van der Waals surface area contributed by atoms with Crippen LogP contribution < -0.4 is 10.6 Å². The fourth-order valence-electron chi connectivity index (χ4n) is 2.80. The second kappa shape index (κ2) is 9.33. The number of carbonyl (C=O) groups excluding carboxylic acids is 1. The van der Waals surface area contributed by atoms with Crippen molar-refractivity contribution in [3.63, 3.8) is 0 Å². The summed E-state index contributed by atoms with van der Waals surface area (Å²) in [6.07, 6.45) is -0.555. The summed E-state index contributed by atoms with van der Waals surface area (Å²) in [5, 5.41) is 6.39. The van der Waals surface area contributed by atoms with Gasteiger partial charge in [-0.3, -0.25) is 4.79 Å². The molecule has 2 unspecified atom stereocenters. The number of halogens is 3. The molecule has 0 radical (unpaired) electrons. The van der Waals surface area contributed by atoms with Crippen LogP contribution in [0.15, 0.2) is 42.5 Å². The van der Waals surface area contributed by atoms with E-state index in [-0.39, 0.29) is 23.3 Å². The molecular formula is C19H21Cl2FN2O2. The van der Waals surface area contributed by atoms with Crippen LogP contribution in [0.2, 0.25) is 5.02 Å². The van der Waals surface area contributed by atoms with Crippen molar-refractivity contribution in [2.75, 3.05) is 19.7 Å². The fourth-order valence-corrected chi connectivity index (χ4v) is 3.08. The summed E-state index contributed by atoms with van der Waals surface area (Å²) in [7, 11) is 0. The second-order valence-corrected chi connectivity index (χ2v) is 6.49. The fraction of sp³-hybridized carbons (Fsp3) is 0.316. The van der Waals surface area contributed by atoms with Gasteiger partial charge in [0.2, 0.25) is 0 Å². The lowest BCUT2D eigenvalue weighted by atomic mass is 9.97. The Morgan fingerprint density at radius 2 is 2.04 bits per heavy atom. The zero-order valence-corrected chi connectivity index (χ0v) is 15.9. The standard InChI is InChI=1S/C19H20ClFN2O2.ClH/c1-12-2-4-13(5-3-12)18(15-7-6-14(21)10-16(15)20)23-19(24)17-11-22-8-9-25-17;/h2-7,10,17-18,22H,8-9,11H2,1H3,(H,23,24);1H. The Bertz CT molecular complexity index is 750. The van der Waals surface area contributed by atoms with Crippen molar-refractivity contribution in [2.45, 2.75) is 19.1 Å². The highest BCUT2D eigenvalue weighted by atomic mass is 35.5. The summed E-state index contributed by atoms with van der Waals surface area (Å²) in [5.74, 6) is -0.638. The van der Waals surface area contributed by atoms with Crippen LogP contribution in [0.4, 0.5) is 4.39 Å². The molecular weight excluding hydrogens is 378 g/mol. The number of nitrogens with one attached hydrogen (secondary N) is 2. The van der Waals surface area contributed by atoms with Crippen LogP contribution in [-0.4, -0.2) is 31.7 Å². The van der Waals surface area contributed by atoms with Gasteiger partial charge in [0.15, 0.2) is 0 Å². The maximum atomic E-state index is 13.4. The van der Waals surface area contributed by atoms with Gasteiger partial charge in [0.1, 0.15) is 11.9 Å². The van der Waals surface area contributed by atoms with Gasteiger partial charge in [-0.05, 0) is 30.2 Å². The maximum Gasteiger partial charge on any atom is 0.251 e.